The molecule has 1 atom stereocenters. The van der Waals surface area contributed by atoms with E-state index >= 15 is 0 Å². The monoisotopic (exact) mass is 398 g/mol. The summed E-state index contributed by atoms with van der Waals surface area (Å²) in [4.78, 5) is 10.8. The van der Waals surface area contributed by atoms with E-state index < -0.39 is 0 Å². The van der Waals surface area contributed by atoms with Gasteiger partial charge >= 0.3 is 0 Å². The number of piperidine rings is 1. The van der Waals surface area contributed by atoms with Gasteiger partial charge in [-0.2, -0.15) is 0 Å². The molecule has 1 unspecified atom stereocenters. The van der Waals surface area contributed by atoms with Gasteiger partial charge in [0.05, 0.1) is 35.6 Å². The van der Waals surface area contributed by atoms with Gasteiger partial charge < -0.3 is 18.9 Å². The van der Waals surface area contributed by atoms with E-state index in [2.05, 4.69) is 49.9 Å². The first kappa shape index (κ1) is 17.8. The smallest absolute Gasteiger partial charge is 0.225 e. The summed E-state index contributed by atoms with van der Waals surface area (Å²) >= 11 is 5.88. The SMILES string of the molecule is Clc1cnc(N2CCC(Oc3cccc4c3ccn4C3CCOC3)CC2)nc1. The molecule has 0 aliphatic carbocycles. The molecule has 0 bridgehead atoms. The minimum Gasteiger partial charge on any atom is -0.490 e. The molecule has 0 radical (unpaired) electrons. The third kappa shape index (κ3) is 3.42. The molecule has 2 fully saturated rings. The zero-order valence-corrected chi connectivity index (χ0v) is 16.4. The van der Waals surface area contributed by atoms with Crippen molar-refractivity contribution in [2.45, 2.75) is 31.4 Å². The Morgan fingerprint density at radius 2 is 1.89 bits per heavy atom. The fourth-order valence-electron chi connectivity index (χ4n) is 4.14. The summed E-state index contributed by atoms with van der Waals surface area (Å²) in [7, 11) is 0. The van der Waals surface area contributed by atoms with E-state index in [9.17, 15) is 0 Å². The first-order valence-corrected chi connectivity index (χ1v) is 10.2. The maximum absolute atomic E-state index is 6.41. The highest BCUT2D eigenvalue weighted by molar-refractivity contribution is 6.30. The average Bonchev–Trinajstić information content (AvgIpc) is 3.39. The molecule has 2 aliphatic heterocycles. The van der Waals surface area contributed by atoms with Gasteiger partial charge in [-0.3, -0.25) is 0 Å². The van der Waals surface area contributed by atoms with E-state index in [1.54, 1.807) is 12.4 Å². The van der Waals surface area contributed by atoms with E-state index in [0.29, 0.717) is 11.1 Å². The van der Waals surface area contributed by atoms with Crippen molar-refractivity contribution >= 4 is 28.5 Å². The second kappa shape index (κ2) is 7.60. The molecule has 5 rings (SSSR count). The fourth-order valence-corrected chi connectivity index (χ4v) is 4.24. The van der Waals surface area contributed by atoms with Crippen LogP contribution in [0.1, 0.15) is 25.3 Å². The van der Waals surface area contributed by atoms with Crippen LogP contribution in [0.3, 0.4) is 0 Å². The van der Waals surface area contributed by atoms with Crippen molar-refractivity contribution in [2.75, 3.05) is 31.2 Å². The molecular formula is C21H23ClN4O2. The molecule has 0 N–H and O–H groups in total. The van der Waals surface area contributed by atoms with Gasteiger partial charge in [-0.1, -0.05) is 17.7 Å². The summed E-state index contributed by atoms with van der Waals surface area (Å²) in [6, 6.07) is 8.92. The van der Waals surface area contributed by atoms with Crippen LogP contribution in [0.25, 0.3) is 10.9 Å². The van der Waals surface area contributed by atoms with Gasteiger partial charge in [0.2, 0.25) is 5.95 Å². The zero-order chi connectivity index (χ0) is 18.9. The van der Waals surface area contributed by atoms with Gasteiger partial charge in [-0.05, 0) is 24.6 Å². The van der Waals surface area contributed by atoms with Gasteiger partial charge in [0.15, 0.2) is 0 Å². The third-order valence-electron chi connectivity index (χ3n) is 5.65. The summed E-state index contributed by atoms with van der Waals surface area (Å²) in [5.74, 6) is 1.71. The minimum absolute atomic E-state index is 0.201. The van der Waals surface area contributed by atoms with Crippen molar-refractivity contribution in [2.24, 2.45) is 0 Å². The Morgan fingerprint density at radius 3 is 2.64 bits per heavy atom. The lowest BCUT2D eigenvalue weighted by atomic mass is 10.1. The number of benzene rings is 1. The second-order valence-electron chi connectivity index (χ2n) is 7.43. The zero-order valence-electron chi connectivity index (χ0n) is 15.6. The number of hydrogen-bond acceptors (Lipinski definition) is 5. The van der Waals surface area contributed by atoms with Crippen LogP contribution in [-0.2, 0) is 4.74 Å². The highest BCUT2D eigenvalue weighted by Crippen LogP contribution is 2.32. The lowest BCUT2D eigenvalue weighted by Crippen LogP contribution is -2.39. The molecule has 0 spiro atoms. The number of fused-ring (bicyclic) bond motifs is 1. The maximum atomic E-state index is 6.41. The number of anilines is 1. The molecule has 2 aromatic heterocycles. The second-order valence-corrected chi connectivity index (χ2v) is 7.87. The molecule has 28 heavy (non-hydrogen) atoms. The largest absolute Gasteiger partial charge is 0.490 e. The van der Waals surface area contributed by atoms with Crippen molar-refractivity contribution < 1.29 is 9.47 Å². The number of rotatable bonds is 4. The summed E-state index contributed by atoms with van der Waals surface area (Å²) in [6.07, 6.45) is 8.61. The molecule has 0 saturated carbocycles. The summed E-state index contributed by atoms with van der Waals surface area (Å²) in [5.41, 5.74) is 1.22. The number of aromatic nitrogens is 3. The van der Waals surface area contributed by atoms with Gasteiger partial charge in [0.25, 0.3) is 0 Å². The third-order valence-corrected chi connectivity index (χ3v) is 5.84. The Labute approximate surface area is 169 Å². The van der Waals surface area contributed by atoms with Crippen LogP contribution in [0.4, 0.5) is 5.95 Å². The van der Waals surface area contributed by atoms with Crippen LogP contribution in [0.2, 0.25) is 5.02 Å². The molecule has 2 saturated heterocycles. The van der Waals surface area contributed by atoms with E-state index in [4.69, 9.17) is 21.1 Å². The topological polar surface area (TPSA) is 52.4 Å². The van der Waals surface area contributed by atoms with Gasteiger partial charge in [-0.15, -0.1) is 0 Å². The van der Waals surface area contributed by atoms with Crippen LogP contribution < -0.4 is 9.64 Å². The van der Waals surface area contributed by atoms with E-state index in [1.165, 1.54) is 10.9 Å². The van der Waals surface area contributed by atoms with Crippen LogP contribution in [0.15, 0.2) is 42.9 Å². The normalized spacial score (nSPS) is 20.8. The van der Waals surface area contributed by atoms with Crippen molar-refractivity contribution in [3.05, 3.63) is 47.9 Å². The van der Waals surface area contributed by atoms with Crippen molar-refractivity contribution in [1.29, 1.82) is 0 Å². The Morgan fingerprint density at radius 1 is 1.07 bits per heavy atom. The Hall–Kier alpha value is -2.31. The molecule has 7 heteroatoms. The number of hydrogen-bond donors (Lipinski definition) is 0. The van der Waals surface area contributed by atoms with Gasteiger partial charge in [-0.25, -0.2) is 9.97 Å². The number of halogens is 1. The molecule has 3 aromatic rings. The van der Waals surface area contributed by atoms with Crippen LogP contribution in [0.5, 0.6) is 5.75 Å². The van der Waals surface area contributed by atoms with Crippen molar-refractivity contribution in [3.63, 3.8) is 0 Å². The molecule has 1 aromatic carbocycles. The predicted octanol–water partition coefficient (Wildman–Crippen LogP) is 4.09. The lowest BCUT2D eigenvalue weighted by molar-refractivity contribution is 0.172. The first-order chi connectivity index (χ1) is 13.8. The predicted molar refractivity (Wildman–Crippen MR) is 109 cm³/mol. The molecule has 146 valence electrons. The lowest BCUT2D eigenvalue weighted by Gasteiger charge is -2.32. The standard InChI is InChI=1S/C21H23ClN4O2/c22-15-12-23-21(24-13-15)25-8-4-17(5-9-25)28-20-3-1-2-19-18(20)6-10-26(19)16-7-11-27-14-16/h1-3,6,10,12-13,16-17H,4-5,7-9,11,14H2. The molecule has 6 nitrogen and oxygen atoms in total. The van der Waals surface area contributed by atoms with Crippen LogP contribution >= 0.6 is 11.6 Å². The number of nitrogens with zero attached hydrogens (tertiary/aromatic N) is 4. The summed E-state index contributed by atoms with van der Waals surface area (Å²) < 4.78 is 14.3. The minimum atomic E-state index is 0.201. The highest BCUT2D eigenvalue weighted by Gasteiger charge is 2.24. The molecule has 0 amide bonds. The van der Waals surface area contributed by atoms with E-state index in [-0.39, 0.29) is 6.10 Å². The Kier molecular flexibility index (Phi) is 4.82. The highest BCUT2D eigenvalue weighted by atomic mass is 35.5. The Balaban J connectivity index is 1.28. The van der Waals surface area contributed by atoms with Gasteiger partial charge in [0.1, 0.15) is 11.9 Å². The number of ether oxygens (including phenoxy) is 2. The maximum Gasteiger partial charge on any atom is 0.225 e. The Bertz CT molecular complexity index is 945. The van der Waals surface area contributed by atoms with Crippen LogP contribution in [0, 0.1) is 0 Å². The molecule has 2 aliphatic rings. The summed E-state index contributed by atoms with van der Waals surface area (Å²) in [5, 5.41) is 1.74. The quantitative estimate of drug-likeness (QED) is 0.662. The fraction of sp³-hybridized carbons (Fsp3) is 0.429. The van der Waals surface area contributed by atoms with E-state index in [1.807, 2.05) is 0 Å². The van der Waals surface area contributed by atoms with E-state index in [0.717, 1.165) is 57.3 Å². The van der Waals surface area contributed by atoms with Crippen molar-refractivity contribution in [3.8, 4) is 5.75 Å². The molecule has 4 heterocycles. The van der Waals surface area contributed by atoms with Gasteiger partial charge in [0, 0.05) is 44.1 Å². The molecular weight excluding hydrogens is 376 g/mol. The average molecular weight is 399 g/mol. The first-order valence-electron chi connectivity index (χ1n) is 9.84. The van der Waals surface area contributed by atoms with Crippen LogP contribution in [-0.4, -0.2) is 46.9 Å². The summed E-state index contributed by atoms with van der Waals surface area (Å²) in [6.45, 7) is 3.39. The van der Waals surface area contributed by atoms with Crippen molar-refractivity contribution in [1.82, 2.24) is 14.5 Å².